The Bertz CT molecular complexity index is 639. The predicted octanol–water partition coefficient (Wildman–Crippen LogP) is 3.48. The van der Waals surface area contributed by atoms with E-state index in [1.54, 1.807) is 0 Å². The third-order valence-electron chi connectivity index (χ3n) is 2.66. The van der Waals surface area contributed by atoms with Crippen LogP contribution in [-0.2, 0) is 0 Å². The van der Waals surface area contributed by atoms with Gasteiger partial charge in [0.1, 0.15) is 0 Å². The Morgan fingerprint density at radius 3 is 2.55 bits per heavy atom. The van der Waals surface area contributed by atoms with E-state index in [4.69, 9.17) is 5.26 Å². The van der Waals surface area contributed by atoms with Crippen LogP contribution in [0.5, 0.6) is 0 Å². The number of aryl methyl sites for hydroxylation is 1. The van der Waals surface area contributed by atoms with Crippen molar-refractivity contribution >= 4 is 22.6 Å². The van der Waals surface area contributed by atoms with Crippen molar-refractivity contribution in [2.75, 3.05) is 6.26 Å². The SMILES string of the molecule is CSC(=Nc1ccc(-c2ccc(C)cn2)cc1)NC#N. The summed E-state index contributed by atoms with van der Waals surface area (Å²) < 4.78 is 0. The maximum absolute atomic E-state index is 8.60. The zero-order valence-electron chi connectivity index (χ0n) is 11.3. The number of nitriles is 1. The maximum Gasteiger partial charge on any atom is 0.183 e. The Hall–Kier alpha value is -2.32. The maximum atomic E-state index is 8.60. The quantitative estimate of drug-likeness (QED) is 0.396. The number of benzene rings is 1. The van der Waals surface area contributed by atoms with Crippen molar-refractivity contribution in [3.05, 3.63) is 48.2 Å². The molecule has 0 bridgehead atoms. The van der Waals surface area contributed by atoms with E-state index in [1.165, 1.54) is 11.8 Å². The Kier molecular flexibility index (Phi) is 4.75. The van der Waals surface area contributed by atoms with Crippen LogP contribution >= 0.6 is 11.8 Å². The molecule has 0 atom stereocenters. The highest BCUT2D eigenvalue weighted by molar-refractivity contribution is 8.13. The van der Waals surface area contributed by atoms with E-state index in [2.05, 4.69) is 15.3 Å². The van der Waals surface area contributed by atoms with Gasteiger partial charge in [0.15, 0.2) is 11.4 Å². The van der Waals surface area contributed by atoms with Gasteiger partial charge in [0.25, 0.3) is 0 Å². The van der Waals surface area contributed by atoms with Crippen molar-refractivity contribution in [1.29, 1.82) is 5.26 Å². The molecule has 0 amide bonds. The summed E-state index contributed by atoms with van der Waals surface area (Å²) in [4.78, 5) is 8.73. The molecule has 5 heteroatoms. The second-order valence-corrected chi connectivity index (χ2v) is 4.92. The van der Waals surface area contributed by atoms with Crippen molar-refractivity contribution in [3.63, 3.8) is 0 Å². The van der Waals surface area contributed by atoms with Gasteiger partial charge in [-0.15, -0.1) is 0 Å². The van der Waals surface area contributed by atoms with Crippen molar-refractivity contribution in [3.8, 4) is 17.5 Å². The molecule has 2 aromatic rings. The summed E-state index contributed by atoms with van der Waals surface area (Å²) in [6.07, 6.45) is 5.59. The highest BCUT2D eigenvalue weighted by atomic mass is 32.2. The molecule has 0 aliphatic rings. The fourth-order valence-electron chi connectivity index (χ4n) is 1.63. The molecular weight excluding hydrogens is 268 g/mol. The van der Waals surface area contributed by atoms with Crippen LogP contribution in [0.15, 0.2) is 47.6 Å². The zero-order chi connectivity index (χ0) is 14.4. The summed E-state index contributed by atoms with van der Waals surface area (Å²) >= 11 is 1.40. The van der Waals surface area contributed by atoms with Crippen LogP contribution in [0.3, 0.4) is 0 Å². The first-order valence-corrected chi connectivity index (χ1v) is 7.26. The fourth-order valence-corrected chi connectivity index (χ4v) is 1.98. The minimum absolute atomic E-state index is 0.578. The number of aliphatic imine (C=N–C) groups is 1. The van der Waals surface area contributed by atoms with Crippen LogP contribution in [0.25, 0.3) is 11.3 Å². The molecule has 1 heterocycles. The average Bonchev–Trinajstić information content (AvgIpc) is 2.48. The zero-order valence-corrected chi connectivity index (χ0v) is 12.1. The van der Waals surface area contributed by atoms with Gasteiger partial charge in [0, 0.05) is 11.8 Å². The van der Waals surface area contributed by atoms with E-state index in [9.17, 15) is 0 Å². The third-order valence-corrected chi connectivity index (χ3v) is 3.24. The monoisotopic (exact) mass is 282 g/mol. The van der Waals surface area contributed by atoms with Crippen LogP contribution in [0.1, 0.15) is 5.56 Å². The molecule has 1 aromatic carbocycles. The van der Waals surface area contributed by atoms with Gasteiger partial charge >= 0.3 is 0 Å². The molecule has 0 spiro atoms. The number of hydrogen-bond acceptors (Lipinski definition) is 4. The minimum Gasteiger partial charge on any atom is -0.271 e. The fraction of sp³-hybridized carbons (Fsp3) is 0.133. The first-order valence-electron chi connectivity index (χ1n) is 6.04. The van der Waals surface area contributed by atoms with Crippen molar-refractivity contribution in [2.24, 2.45) is 4.99 Å². The molecule has 0 saturated heterocycles. The number of pyridine rings is 1. The second kappa shape index (κ2) is 6.73. The number of nitrogens with zero attached hydrogens (tertiary/aromatic N) is 3. The standard InChI is InChI=1S/C15H14N4S/c1-11-3-8-14(17-9-11)12-4-6-13(7-5-12)19-15(20-2)18-10-16/h3-9H,1-2H3,(H,18,19). The second-order valence-electron chi connectivity index (χ2n) is 4.13. The number of hydrogen-bond donors (Lipinski definition) is 1. The van der Waals surface area contributed by atoms with Gasteiger partial charge in [-0.2, -0.15) is 5.26 Å². The molecule has 100 valence electrons. The number of amidine groups is 1. The Labute approximate surface area is 122 Å². The molecule has 0 fully saturated rings. The molecule has 20 heavy (non-hydrogen) atoms. The summed E-state index contributed by atoms with van der Waals surface area (Å²) in [5, 5.41) is 11.7. The third kappa shape index (κ3) is 3.59. The Morgan fingerprint density at radius 1 is 1.25 bits per heavy atom. The molecule has 0 aliphatic carbocycles. The van der Waals surface area contributed by atoms with Gasteiger partial charge in [-0.3, -0.25) is 10.3 Å². The van der Waals surface area contributed by atoms with Crippen LogP contribution in [-0.4, -0.2) is 16.4 Å². The molecular formula is C15H14N4S. The lowest BCUT2D eigenvalue weighted by molar-refractivity contribution is 1.27. The lowest BCUT2D eigenvalue weighted by Gasteiger charge is -2.03. The molecule has 1 N–H and O–H groups in total. The number of nitrogens with one attached hydrogen (secondary N) is 1. The summed E-state index contributed by atoms with van der Waals surface area (Å²) in [6, 6.07) is 11.8. The molecule has 2 rings (SSSR count). The molecule has 0 aliphatic heterocycles. The lowest BCUT2D eigenvalue weighted by atomic mass is 10.1. The predicted molar refractivity (Wildman–Crippen MR) is 83.8 cm³/mol. The molecule has 0 radical (unpaired) electrons. The number of thioether (sulfide) groups is 1. The van der Waals surface area contributed by atoms with Crippen molar-refractivity contribution < 1.29 is 0 Å². The van der Waals surface area contributed by atoms with Gasteiger partial charge in [-0.1, -0.05) is 30.0 Å². The van der Waals surface area contributed by atoms with Gasteiger partial charge in [-0.25, -0.2) is 4.99 Å². The normalized spacial score (nSPS) is 10.9. The molecule has 0 saturated carbocycles. The first-order chi connectivity index (χ1) is 9.72. The average molecular weight is 282 g/mol. The van der Waals surface area contributed by atoms with E-state index >= 15 is 0 Å². The van der Waals surface area contributed by atoms with Crippen molar-refractivity contribution in [1.82, 2.24) is 10.3 Å². The summed E-state index contributed by atoms with van der Waals surface area (Å²) in [6.45, 7) is 2.01. The van der Waals surface area contributed by atoms with E-state index < -0.39 is 0 Å². The van der Waals surface area contributed by atoms with Gasteiger partial charge in [0.05, 0.1) is 11.4 Å². The van der Waals surface area contributed by atoms with Gasteiger partial charge in [0.2, 0.25) is 0 Å². The summed E-state index contributed by atoms with van der Waals surface area (Å²) in [5.74, 6) is 0. The highest BCUT2D eigenvalue weighted by Gasteiger charge is 2.00. The lowest BCUT2D eigenvalue weighted by Crippen LogP contribution is -2.12. The highest BCUT2D eigenvalue weighted by Crippen LogP contribution is 2.21. The van der Waals surface area contributed by atoms with Crippen LogP contribution in [0, 0.1) is 18.4 Å². The Morgan fingerprint density at radius 2 is 2.00 bits per heavy atom. The minimum atomic E-state index is 0.578. The molecule has 0 unspecified atom stereocenters. The van der Waals surface area contributed by atoms with Gasteiger partial charge < -0.3 is 0 Å². The Balaban J connectivity index is 2.22. The van der Waals surface area contributed by atoms with E-state index in [0.717, 1.165) is 22.5 Å². The first kappa shape index (κ1) is 14.1. The van der Waals surface area contributed by atoms with E-state index in [-0.39, 0.29) is 0 Å². The summed E-state index contributed by atoms with van der Waals surface area (Å²) in [5.41, 5.74) is 3.92. The van der Waals surface area contributed by atoms with Crippen LogP contribution in [0.2, 0.25) is 0 Å². The van der Waals surface area contributed by atoms with E-state index in [1.807, 2.05) is 62.0 Å². The topological polar surface area (TPSA) is 61.1 Å². The van der Waals surface area contributed by atoms with Crippen molar-refractivity contribution in [2.45, 2.75) is 6.92 Å². The molecule has 4 nitrogen and oxygen atoms in total. The number of rotatable bonds is 2. The largest absolute Gasteiger partial charge is 0.271 e. The molecule has 1 aromatic heterocycles. The van der Waals surface area contributed by atoms with E-state index in [0.29, 0.717) is 5.17 Å². The van der Waals surface area contributed by atoms with Gasteiger partial charge in [-0.05, 0) is 36.9 Å². The van der Waals surface area contributed by atoms with Crippen LogP contribution in [0.4, 0.5) is 5.69 Å². The number of aromatic nitrogens is 1. The van der Waals surface area contributed by atoms with Crippen LogP contribution < -0.4 is 5.32 Å². The summed E-state index contributed by atoms with van der Waals surface area (Å²) in [7, 11) is 0. The smallest absolute Gasteiger partial charge is 0.183 e.